The zero-order chi connectivity index (χ0) is 14.3. The number of hydrogen-bond acceptors (Lipinski definition) is 5. The molecule has 0 saturated heterocycles. The van der Waals surface area contributed by atoms with Crippen molar-refractivity contribution in [1.82, 2.24) is 0 Å². The number of Topliss-reactive ketones (excluding diaryl/α,β-unsaturated/α-hetero) is 1. The second-order valence-electron chi connectivity index (χ2n) is 5.08. The fourth-order valence-corrected chi connectivity index (χ4v) is 1.30. The van der Waals surface area contributed by atoms with Crippen LogP contribution in [0.15, 0.2) is 0 Å². The molecule has 0 aromatic heterocycles. The van der Waals surface area contributed by atoms with Crippen molar-refractivity contribution in [3.63, 3.8) is 0 Å². The maximum atomic E-state index is 11.9. The highest BCUT2D eigenvalue weighted by molar-refractivity contribution is 5.95. The summed E-state index contributed by atoms with van der Waals surface area (Å²) in [5.74, 6) is -2.36. The third kappa shape index (κ3) is 7.04. The zero-order valence-electron chi connectivity index (χ0n) is 11.7. The Labute approximate surface area is 108 Å². The number of ether oxygens (including phenoxy) is 2. The van der Waals surface area contributed by atoms with Gasteiger partial charge in [0.15, 0.2) is 5.92 Å². The Bertz CT molecular complexity index is 314. The van der Waals surface area contributed by atoms with Gasteiger partial charge in [-0.2, -0.15) is 0 Å². The predicted octanol–water partition coefficient (Wildman–Crippen LogP) is 1.88. The number of hydrogen-bond donors (Lipinski definition) is 0. The topological polar surface area (TPSA) is 69.7 Å². The second kappa shape index (κ2) is 7.13. The van der Waals surface area contributed by atoms with Crippen molar-refractivity contribution in [3.05, 3.63) is 0 Å². The van der Waals surface area contributed by atoms with E-state index in [1.54, 1.807) is 27.7 Å². The molecule has 0 heterocycles. The van der Waals surface area contributed by atoms with Crippen LogP contribution in [0.4, 0.5) is 0 Å². The van der Waals surface area contributed by atoms with Gasteiger partial charge in [0.05, 0.1) is 6.61 Å². The fraction of sp³-hybridized carbons (Fsp3) is 0.769. The first-order chi connectivity index (χ1) is 8.17. The van der Waals surface area contributed by atoms with Gasteiger partial charge in [0.2, 0.25) is 0 Å². The molecule has 0 fully saturated rings. The summed E-state index contributed by atoms with van der Waals surface area (Å²) < 4.78 is 9.97. The number of carbonyl (C=O) groups excluding carboxylic acids is 3. The highest BCUT2D eigenvalue weighted by Crippen LogP contribution is 2.17. The maximum absolute atomic E-state index is 11.9. The number of rotatable bonds is 6. The smallest absolute Gasteiger partial charge is 0.320 e. The van der Waals surface area contributed by atoms with Gasteiger partial charge in [-0.15, -0.1) is 0 Å². The number of carbonyl (C=O) groups is 3. The molecule has 104 valence electrons. The standard InChI is InChI=1S/C13H22O5/c1-6-17-11(15)10(8-7-9(2)14)12(16)18-13(3,4)5/h10H,6-8H2,1-5H3/t10-/m0/s1. The SMILES string of the molecule is CCOC(=O)[C@H](CCC(C)=O)C(=O)OC(C)(C)C. The van der Waals surface area contributed by atoms with E-state index in [9.17, 15) is 14.4 Å². The molecule has 0 radical (unpaired) electrons. The van der Waals surface area contributed by atoms with E-state index in [2.05, 4.69) is 0 Å². The molecule has 0 aliphatic heterocycles. The van der Waals surface area contributed by atoms with Crippen LogP contribution in [0.2, 0.25) is 0 Å². The Morgan fingerprint density at radius 1 is 1.11 bits per heavy atom. The average molecular weight is 258 g/mol. The summed E-state index contributed by atoms with van der Waals surface area (Å²) in [5.41, 5.74) is -0.669. The Balaban J connectivity index is 4.68. The molecule has 5 heteroatoms. The first-order valence-corrected chi connectivity index (χ1v) is 6.06. The monoisotopic (exact) mass is 258 g/mol. The van der Waals surface area contributed by atoms with Crippen LogP contribution in [0.1, 0.15) is 47.5 Å². The normalized spacial score (nSPS) is 12.7. The van der Waals surface area contributed by atoms with Gasteiger partial charge in [-0.3, -0.25) is 9.59 Å². The van der Waals surface area contributed by atoms with Crippen LogP contribution < -0.4 is 0 Å². The van der Waals surface area contributed by atoms with E-state index in [-0.39, 0.29) is 25.2 Å². The summed E-state index contributed by atoms with van der Waals surface area (Å²) in [5, 5.41) is 0. The van der Waals surface area contributed by atoms with Crippen molar-refractivity contribution < 1.29 is 23.9 Å². The maximum Gasteiger partial charge on any atom is 0.320 e. The quantitative estimate of drug-likeness (QED) is 0.537. The van der Waals surface area contributed by atoms with Crippen LogP contribution in [-0.2, 0) is 23.9 Å². The highest BCUT2D eigenvalue weighted by Gasteiger charge is 2.32. The van der Waals surface area contributed by atoms with Crippen molar-refractivity contribution in [3.8, 4) is 0 Å². The van der Waals surface area contributed by atoms with Crippen molar-refractivity contribution in [2.24, 2.45) is 5.92 Å². The Morgan fingerprint density at radius 3 is 2.06 bits per heavy atom. The molecular weight excluding hydrogens is 236 g/mol. The van der Waals surface area contributed by atoms with Gasteiger partial charge in [-0.1, -0.05) is 0 Å². The van der Waals surface area contributed by atoms with Crippen LogP contribution >= 0.6 is 0 Å². The van der Waals surface area contributed by atoms with Crippen LogP contribution in [0.5, 0.6) is 0 Å². The van der Waals surface area contributed by atoms with E-state index in [1.807, 2.05) is 0 Å². The third-order valence-corrected chi connectivity index (χ3v) is 2.05. The summed E-state index contributed by atoms with van der Waals surface area (Å²) in [6, 6.07) is 0. The molecule has 0 aromatic carbocycles. The largest absolute Gasteiger partial charge is 0.465 e. The van der Waals surface area contributed by atoms with Gasteiger partial charge in [-0.05, 0) is 41.0 Å². The van der Waals surface area contributed by atoms with Gasteiger partial charge < -0.3 is 14.3 Å². The van der Waals surface area contributed by atoms with E-state index in [0.717, 1.165) is 0 Å². The van der Waals surface area contributed by atoms with Gasteiger partial charge in [-0.25, -0.2) is 0 Å². The van der Waals surface area contributed by atoms with Gasteiger partial charge in [0.1, 0.15) is 11.4 Å². The summed E-state index contributed by atoms with van der Waals surface area (Å²) >= 11 is 0. The minimum atomic E-state index is -1.02. The summed E-state index contributed by atoms with van der Waals surface area (Å²) in [6.45, 7) is 8.43. The molecule has 0 unspecified atom stereocenters. The van der Waals surface area contributed by atoms with Crippen molar-refractivity contribution in [1.29, 1.82) is 0 Å². The number of esters is 2. The molecule has 0 N–H and O–H groups in total. The molecular formula is C13H22O5. The van der Waals surface area contributed by atoms with Crippen LogP contribution in [-0.4, -0.2) is 29.9 Å². The van der Waals surface area contributed by atoms with Crippen molar-refractivity contribution in [2.75, 3.05) is 6.61 Å². The molecule has 0 bridgehead atoms. The van der Waals surface area contributed by atoms with E-state index < -0.39 is 23.5 Å². The average Bonchev–Trinajstić information content (AvgIpc) is 2.14. The van der Waals surface area contributed by atoms with Crippen molar-refractivity contribution >= 4 is 17.7 Å². The van der Waals surface area contributed by atoms with Crippen LogP contribution in [0.3, 0.4) is 0 Å². The summed E-state index contributed by atoms with van der Waals surface area (Å²) in [7, 11) is 0. The molecule has 0 aromatic rings. The van der Waals surface area contributed by atoms with Crippen LogP contribution in [0.25, 0.3) is 0 Å². The fourth-order valence-electron chi connectivity index (χ4n) is 1.30. The molecule has 0 rings (SSSR count). The van der Waals surface area contributed by atoms with E-state index in [0.29, 0.717) is 0 Å². The minimum Gasteiger partial charge on any atom is -0.465 e. The first kappa shape index (κ1) is 16.6. The molecule has 5 nitrogen and oxygen atoms in total. The lowest BCUT2D eigenvalue weighted by molar-refractivity contribution is -0.169. The van der Waals surface area contributed by atoms with Gasteiger partial charge >= 0.3 is 11.9 Å². The Kier molecular flexibility index (Phi) is 6.58. The number of ketones is 1. The van der Waals surface area contributed by atoms with Crippen molar-refractivity contribution in [2.45, 2.75) is 53.1 Å². The summed E-state index contributed by atoms with van der Waals surface area (Å²) in [4.78, 5) is 34.4. The van der Waals surface area contributed by atoms with Gasteiger partial charge in [0, 0.05) is 6.42 Å². The summed E-state index contributed by atoms with van der Waals surface area (Å²) in [6.07, 6.45) is 0.284. The van der Waals surface area contributed by atoms with E-state index in [1.165, 1.54) is 6.92 Å². The molecule has 0 aliphatic rings. The second-order valence-corrected chi connectivity index (χ2v) is 5.08. The Morgan fingerprint density at radius 2 is 1.67 bits per heavy atom. The lowest BCUT2D eigenvalue weighted by Crippen LogP contribution is -2.34. The Hall–Kier alpha value is -1.39. The first-order valence-electron chi connectivity index (χ1n) is 6.06. The molecule has 0 saturated carbocycles. The highest BCUT2D eigenvalue weighted by atomic mass is 16.6. The minimum absolute atomic E-state index is 0.0761. The van der Waals surface area contributed by atoms with E-state index in [4.69, 9.17) is 9.47 Å². The van der Waals surface area contributed by atoms with Gasteiger partial charge in [0.25, 0.3) is 0 Å². The lowest BCUT2D eigenvalue weighted by Gasteiger charge is -2.22. The molecule has 1 atom stereocenters. The third-order valence-electron chi connectivity index (χ3n) is 2.05. The molecule has 0 aliphatic carbocycles. The predicted molar refractivity (Wildman–Crippen MR) is 65.9 cm³/mol. The van der Waals surface area contributed by atoms with E-state index >= 15 is 0 Å². The zero-order valence-corrected chi connectivity index (χ0v) is 11.7. The van der Waals surface area contributed by atoms with Crippen LogP contribution in [0, 0.1) is 5.92 Å². The molecule has 0 spiro atoms. The lowest BCUT2D eigenvalue weighted by atomic mass is 10.0. The molecule has 18 heavy (non-hydrogen) atoms. The molecule has 0 amide bonds.